The number of benzene rings is 1. The van der Waals surface area contributed by atoms with Gasteiger partial charge in [-0.2, -0.15) is 0 Å². The first-order chi connectivity index (χ1) is 8.50. The van der Waals surface area contributed by atoms with E-state index >= 15 is 0 Å². The van der Waals surface area contributed by atoms with Crippen LogP contribution in [0, 0.1) is 0 Å². The molecule has 1 aromatic rings. The van der Waals surface area contributed by atoms with Gasteiger partial charge in [-0.3, -0.25) is 4.79 Å². The smallest absolute Gasteiger partial charge is 0.423 e. The van der Waals surface area contributed by atoms with E-state index in [1.54, 1.807) is 18.2 Å². The normalized spacial score (nSPS) is 10.5. The number of nitrogens with zero attached hydrogens (tertiary/aromatic N) is 1. The van der Waals surface area contributed by atoms with Crippen LogP contribution in [0.15, 0.2) is 24.3 Å². The minimum absolute atomic E-state index is 0.198. The zero-order valence-corrected chi connectivity index (χ0v) is 10.8. The molecule has 0 unspecified atom stereocenters. The highest BCUT2D eigenvalue weighted by atomic mass is 16.4. The minimum atomic E-state index is -1.55. The molecule has 0 fully saturated rings. The highest BCUT2D eigenvalue weighted by Crippen LogP contribution is 1.97. The first-order valence-corrected chi connectivity index (χ1v) is 5.89. The second kappa shape index (κ2) is 7.15. The molecule has 0 spiro atoms. The molecule has 18 heavy (non-hydrogen) atoms. The summed E-state index contributed by atoms with van der Waals surface area (Å²) in [6, 6.07) is 6.32. The molecule has 0 aliphatic heterocycles. The molecule has 0 aliphatic rings. The van der Waals surface area contributed by atoms with Gasteiger partial charge in [0.25, 0.3) is 5.91 Å². The number of carbonyl (C=O) groups is 1. The van der Waals surface area contributed by atoms with Crippen molar-refractivity contribution in [3.63, 3.8) is 0 Å². The topological polar surface area (TPSA) is 72.8 Å². The van der Waals surface area contributed by atoms with E-state index in [4.69, 9.17) is 10.0 Å². The van der Waals surface area contributed by atoms with Gasteiger partial charge in [0.05, 0.1) is 0 Å². The van der Waals surface area contributed by atoms with Gasteiger partial charge in [0.1, 0.15) is 0 Å². The molecule has 0 saturated heterocycles. The average Bonchev–Trinajstić information content (AvgIpc) is 2.34. The number of hydrogen-bond donors (Lipinski definition) is 3. The molecule has 98 valence electrons. The lowest BCUT2D eigenvalue weighted by Gasteiger charge is -2.10. The molecule has 6 heteroatoms. The fraction of sp³-hybridized carbons (Fsp3) is 0.417. The van der Waals surface area contributed by atoms with E-state index < -0.39 is 7.12 Å². The summed E-state index contributed by atoms with van der Waals surface area (Å²) in [5.41, 5.74) is 0.751. The molecule has 1 aromatic carbocycles. The number of hydrogen-bond acceptors (Lipinski definition) is 4. The molecule has 0 atom stereocenters. The van der Waals surface area contributed by atoms with E-state index in [2.05, 4.69) is 10.2 Å². The Morgan fingerprint density at radius 2 is 2.11 bits per heavy atom. The Balaban J connectivity index is 2.48. The molecule has 1 rings (SSSR count). The van der Waals surface area contributed by atoms with Gasteiger partial charge in [0, 0.05) is 12.1 Å². The molecule has 3 N–H and O–H groups in total. The van der Waals surface area contributed by atoms with Crippen LogP contribution < -0.4 is 10.8 Å². The van der Waals surface area contributed by atoms with Crippen molar-refractivity contribution in [3.8, 4) is 0 Å². The lowest BCUT2D eigenvalue weighted by atomic mass is 9.79. The molecular formula is C12H19BN2O3. The van der Waals surface area contributed by atoms with Crippen molar-refractivity contribution >= 4 is 18.5 Å². The van der Waals surface area contributed by atoms with Crippen molar-refractivity contribution in [2.24, 2.45) is 0 Å². The van der Waals surface area contributed by atoms with Gasteiger partial charge in [-0.25, -0.2) is 0 Å². The van der Waals surface area contributed by atoms with Crippen molar-refractivity contribution in [2.75, 3.05) is 27.2 Å². The Morgan fingerprint density at radius 3 is 2.72 bits per heavy atom. The third kappa shape index (κ3) is 4.87. The third-order valence-electron chi connectivity index (χ3n) is 2.51. The van der Waals surface area contributed by atoms with E-state index in [0.717, 1.165) is 13.0 Å². The van der Waals surface area contributed by atoms with Crippen molar-refractivity contribution in [2.45, 2.75) is 6.42 Å². The summed E-state index contributed by atoms with van der Waals surface area (Å²) in [4.78, 5) is 13.8. The van der Waals surface area contributed by atoms with Crippen LogP contribution in [0.2, 0.25) is 0 Å². The summed E-state index contributed by atoms with van der Waals surface area (Å²) in [6.07, 6.45) is 0.876. The fourth-order valence-corrected chi connectivity index (χ4v) is 1.54. The molecule has 0 aromatic heterocycles. The van der Waals surface area contributed by atoms with Gasteiger partial charge in [-0.05, 0) is 44.7 Å². The van der Waals surface area contributed by atoms with Crippen LogP contribution in [-0.4, -0.2) is 55.2 Å². The monoisotopic (exact) mass is 250 g/mol. The average molecular weight is 250 g/mol. The number of carbonyl (C=O) groups excluding carboxylic acids is 1. The maximum atomic E-state index is 11.8. The summed E-state index contributed by atoms with van der Waals surface area (Å²) in [5.74, 6) is -0.198. The van der Waals surface area contributed by atoms with Crippen LogP contribution >= 0.6 is 0 Å². The fourth-order valence-electron chi connectivity index (χ4n) is 1.54. The summed E-state index contributed by atoms with van der Waals surface area (Å²) in [6.45, 7) is 1.51. The van der Waals surface area contributed by atoms with Crippen LogP contribution in [0.5, 0.6) is 0 Å². The molecular weight excluding hydrogens is 231 g/mol. The highest BCUT2D eigenvalue weighted by Gasteiger charge is 2.13. The summed E-state index contributed by atoms with van der Waals surface area (Å²) >= 11 is 0. The van der Waals surface area contributed by atoms with Crippen molar-refractivity contribution in [1.82, 2.24) is 10.2 Å². The van der Waals surface area contributed by atoms with Crippen molar-refractivity contribution in [3.05, 3.63) is 29.8 Å². The van der Waals surface area contributed by atoms with Crippen LogP contribution in [0.4, 0.5) is 0 Å². The van der Waals surface area contributed by atoms with Gasteiger partial charge in [0.2, 0.25) is 0 Å². The second-order valence-electron chi connectivity index (χ2n) is 4.41. The lowest BCUT2D eigenvalue weighted by molar-refractivity contribution is 0.0952. The molecule has 1 amide bonds. The van der Waals surface area contributed by atoms with Gasteiger partial charge in [0.15, 0.2) is 0 Å². The van der Waals surface area contributed by atoms with Gasteiger partial charge >= 0.3 is 7.12 Å². The number of amides is 1. The molecule has 0 heterocycles. The zero-order chi connectivity index (χ0) is 13.5. The van der Waals surface area contributed by atoms with Crippen molar-refractivity contribution in [1.29, 1.82) is 0 Å². The molecule has 0 radical (unpaired) electrons. The lowest BCUT2D eigenvalue weighted by Crippen LogP contribution is -2.32. The maximum absolute atomic E-state index is 11.8. The first kappa shape index (κ1) is 14.7. The van der Waals surface area contributed by atoms with E-state index in [1.807, 2.05) is 14.1 Å². The van der Waals surface area contributed by atoms with Gasteiger partial charge in [-0.1, -0.05) is 12.1 Å². The van der Waals surface area contributed by atoms with Crippen molar-refractivity contribution < 1.29 is 14.8 Å². The minimum Gasteiger partial charge on any atom is -0.423 e. The predicted molar refractivity (Wildman–Crippen MR) is 71.8 cm³/mol. The summed E-state index contributed by atoms with van der Waals surface area (Å²) < 4.78 is 0. The van der Waals surface area contributed by atoms with E-state index in [-0.39, 0.29) is 5.91 Å². The van der Waals surface area contributed by atoms with Crippen LogP contribution in [-0.2, 0) is 0 Å². The SMILES string of the molecule is CN(C)CCCNC(=O)c1cccc(B(O)O)c1. The van der Waals surface area contributed by atoms with E-state index in [0.29, 0.717) is 17.6 Å². The van der Waals surface area contributed by atoms with Crippen LogP contribution in [0.3, 0.4) is 0 Å². The Bertz CT molecular complexity index is 397. The van der Waals surface area contributed by atoms with Crippen LogP contribution in [0.25, 0.3) is 0 Å². The largest absolute Gasteiger partial charge is 0.488 e. The molecule has 0 bridgehead atoms. The summed E-state index contributed by atoms with van der Waals surface area (Å²) in [7, 11) is 2.41. The van der Waals surface area contributed by atoms with E-state index in [1.165, 1.54) is 6.07 Å². The quantitative estimate of drug-likeness (QED) is 0.449. The molecule has 0 aliphatic carbocycles. The summed E-state index contributed by atoms with van der Waals surface area (Å²) in [5, 5.41) is 20.8. The Labute approximate surface area is 108 Å². The maximum Gasteiger partial charge on any atom is 0.488 e. The number of rotatable bonds is 6. The van der Waals surface area contributed by atoms with E-state index in [9.17, 15) is 4.79 Å². The number of nitrogens with one attached hydrogen (secondary N) is 1. The van der Waals surface area contributed by atoms with Crippen LogP contribution in [0.1, 0.15) is 16.8 Å². The zero-order valence-electron chi connectivity index (χ0n) is 10.8. The third-order valence-corrected chi connectivity index (χ3v) is 2.51. The Morgan fingerprint density at radius 1 is 1.39 bits per heavy atom. The molecule has 0 saturated carbocycles. The standard InChI is InChI=1S/C12H19BN2O3/c1-15(2)8-4-7-14-12(16)10-5-3-6-11(9-10)13(17)18/h3,5-6,9,17-18H,4,7-8H2,1-2H3,(H,14,16). The first-order valence-electron chi connectivity index (χ1n) is 5.89. The Hall–Kier alpha value is -1.37. The molecule has 5 nitrogen and oxygen atoms in total. The van der Waals surface area contributed by atoms with Gasteiger partial charge in [-0.15, -0.1) is 0 Å². The Kier molecular flexibility index (Phi) is 5.84. The highest BCUT2D eigenvalue weighted by molar-refractivity contribution is 6.58. The second-order valence-corrected chi connectivity index (χ2v) is 4.41. The van der Waals surface area contributed by atoms with Gasteiger partial charge < -0.3 is 20.3 Å². The predicted octanol–water partition coefficient (Wildman–Crippen LogP) is -0.952.